The van der Waals surface area contributed by atoms with Gasteiger partial charge in [0.1, 0.15) is 0 Å². The van der Waals surface area contributed by atoms with Gasteiger partial charge in [0, 0.05) is 43.6 Å². The van der Waals surface area contributed by atoms with Crippen molar-refractivity contribution < 1.29 is 17.9 Å². The first-order valence-electron chi connectivity index (χ1n) is 10.5. The van der Waals surface area contributed by atoms with Gasteiger partial charge in [0.05, 0.1) is 18.1 Å². The Morgan fingerprint density at radius 2 is 1.84 bits per heavy atom. The number of sulfonamides is 1. The molecule has 2 heterocycles. The predicted octanol–water partition coefficient (Wildman–Crippen LogP) is 2.74. The van der Waals surface area contributed by atoms with Crippen LogP contribution in [0, 0.1) is 0 Å². The number of carbonyl (C=O) groups is 1. The summed E-state index contributed by atoms with van der Waals surface area (Å²) < 4.78 is 32.0. The number of morpholine rings is 1. The first-order chi connectivity index (χ1) is 15.0. The van der Waals surface area contributed by atoms with Gasteiger partial charge in [0.25, 0.3) is 0 Å². The van der Waals surface area contributed by atoms with E-state index in [9.17, 15) is 13.2 Å². The molecule has 0 spiro atoms. The highest BCUT2D eigenvalue weighted by molar-refractivity contribution is 7.89. The molecule has 0 aliphatic carbocycles. The quantitative estimate of drug-likeness (QED) is 0.698. The lowest BCUT2D eigenvalue weighted by Crippen LogP contribution is -2.40. The van der Waals surface area contributed by atoms with Crippen molar-refractivity contribution in [2.24, 2.45) is 0 Å². The molecule has 2 aliphatic rings. The van der Waals surface area contributed by atoms with E-state index in [1.165, 1.54) is 21.6 Å². The Morgan fingerprint density at radius 3 is 2.55 bits per heavy atom. The monoisotopic (exact) mass is 441 g/mol. The second-order valence-electron chi connectivity index (χ2n) is 7.58. The standard InChI is InChI=1S/C23H27N3O4S/c1-2-25-12-11-19-6-7-20(17-22(19)25)24-23(27)10-5-18-3-8-21(9-4-18)31(28,29)26-13-15-30-16-14-26/h3-10,17H,2,11-16H2,1H3,(H,24,27)/b10-5+. The second-order valence-corrected chi connectivity index (χ2v) is 9.52. The van der Waals surface area contributed by atoms with Gasteiger partial charge in [-0.15, -0.1) is 0 Å². The Labute approximate surface area is 183 Å². The summed E-state index contributed by atoms with van der Waals surface area (Å²) >= 11 is 0. The van der Waals surface area contributed by atoms with Crippen LogP contribution in [-0.2, 0) is 26.0 Å². The van der Waals surface area contributed by atoms with E-state index in [-0.39, 0.29) is 10.8 Å². The van der Waals surface area contributed by atoms with Crippen molar-refractivity contribution in [2.75, 3.05) is 49.6 Å². The van der Waals surface area contributed by atoms with Crippen molar-refractivity contribution in [1.29, 1.82) is 0 Å². The van der Waals surface area contributed by atoms with Gasteiger partial charge >= 0.3 is 0 Å². The largest absolute Gasteiger partial charge is 0.379 e. The van der Waals surface area contributed by atoms with Crippen molar-refractivity contribution in [1.82, 2.24) is 4.31 Å². The molecule has 0 atom stereocenters. The molecular weight excluding hydrogens is 414 g/mol. The van der Waals surface area contributed by atoms with E-state index >= 15 is 0 Å². The number of rotatable bonds is 6. The molecule has 2 aliphatic heterocycles. The fraction of sp³-hybridized carbons (Fsp3) is 0.348. The average Bonchev–Trinajstić information content (AvgIpc) is 3.21. The van der Waals surface area contributed by atoms with E-state index in [1.807, 2.05) is 12.1 Å². The van der Waals surface area contributed by atoms with Gasteiger partial charge in [-0.1, -0.05) is 18.2 Å². The molecule has 1 fully saturated rings. The summed E-state index contributed by atoms with van der Waals surface area (Å²) in [4.78, 5) is 14.9. The summed E-state index contributed by atoms with van der Waals surface area (Å²) in [5.74, 6) is -0.231. The van der Waals surface area contributed by atoms with Crippen LogP contribution in [0.5, 0.6) is 0 Å². The number of benzene rings is 2. The predicted molar refractivity (Wildman–Crippen MR) is 122 cm³/mol. The summed E-state index contributed by atoms with van der Waals surface area (Å²) in [5, 5.41) is 2.90. The summed E-state index contributed by atoms with van der Waals surface area (Å²) in [7, 11) is -3.52. The summed E-state index contributed by atoms with van der Waals surface area (Å²) in [6.07, 6.45) is 4.16. The SMILES string of the molecule is CCN1CCc2ccc(NC(=O)/C=C/c3ccc(S(=O)(=O)N4CCOCC4)cc3)cc21. The maximum Gasteiger partial charge on any atom is 0.248 e. The molecular formula is C23H27N3O4S. The van der Waals surface area contributed by atoms with Crippen LogP contribution < -0.4 is 10.2 Å². The first kappa shape index (κ1) is 21.5. The molecule has 2 aromatic carbocycles. The first-order valence-corrected chi connectivity index (χ1v) is 12.0. The highest BCUT2D eigenvalue weighted by Gasteiger charge is 2.26. The lowest BCUT2D eigenvalue weighted by Gasteiger charge is -2.26. The number of likely N-dealkylation sites (N-methyl/N-ethyl adjacent to an activating group) is 1. The number of hydrogen-bond acceptors (Lipinski definition) is 5. The number of ether oxygens (including phenoxy) is 1. The zero-order valence-electron chi connectivity index (χ0n) is 17.6. The lowest BCUT2D eigenvalue weighted by atomic mass is 10.1. The molecule has 2 aromatic rings. The topological polar surface area (TPSA) is 79.0 Å². The molecule has 8 heteroatoms. The Hall–Kier alpha value is -2.68. The third-order valence-corrected chi connectivity index (χ3v) is 7.55. The molecule has 1 saturated heterocycles. The number of nitrogens with zero attached hydrogens (tertiary/aromatic N) is 2. The van der Waals surface area contributed by atoms with Gasteiger partial charge in [-0.25, -0.2) is 8.42 Å². The van der Waals surface area contributed by atoms with Crippen LogP contribution in [0.4, 0.5) is 11.4 Å². The molecule has 164 valence electrons. The van der Waals surface area contributed by atoms with Gasteiger partial charge in [0.15, 0.2) is 0 Å². The van der Waals surface area contributed by atoms with Crippen LogP contribution in [0.3, 0.4) is 0 Å². The molecule has 0 bridgehead atoms. The minimum absolute atomic E-state index is 0.231. The van der Waals surface area contributed by atoms with Crippen LogP contribution in [0.1, 0.15) is 18.1 Å². The molecule has 4 rings (SSSR count). The second kappa shape index (κ2) is 9.21. The zero-order valence-corrected chi connectivity index (χ0v) is 18.4. The molecule has 1 N–H and O–H groups in total. The Morgan fingerprint density at radius 1 is 1.10 bits per heavy atom. The van der Waals surface area contributed by atoms with Gasteiger partial charge in [-0.2, -0.15) is 4.31 Å². The van der Waals surface area contributed by atoms with E-state index in [4.69, 9.17) is 4.74 Å². The molecule has 7 nitrogen and oxygen atoms in total. The zero-order chi connectivity index (χ0) is 21.8. The Kier molecular flexibility index (Phi) is 6.41. The average molecular weight is 442 g/mol. The number of amides is 1. The minimum Gasteiger partial charge on any atom is -0.379 e. The number of fused-ring (bicyclic) bond motifs is 1. The van der Waals surface area contributed by atoms with Crippen molar-refractivity contribution >= 4 is 33.4 Å². The fourth-order valence-corrected chi connectivity index (χ4v) is 5.30. The van der Waals surface area contributed by atoms with Crippen LogP contribution >= 0.6 is 0 Å². The Bertz CT molecular complexity index is 1070. The number of anilines is 2. The van der Waals surface area contributed by atoms with Gasteiger partial charge in [-0.3, -0.25) is 4.79 Å². The third-order valence-electron chi connectivity index (χ3n) is 5.64. The van der Waals surface area contributed by atoms with Gasteiger partial charge in [-0.05, 0) is 54.8 Å². The van der Waals surface area contributed by atoms with E-state index in [1.54, 1.807) is 30.3 Å². The van der Waals surface area contributed by atoms with Crippen LogP contribution in [0.25, 0.3) is 6.08 Å². The molecule has 0 aromatic heterocycles. The number of nitrogens with one attached hydrogen (secondary N) is 1. The highest BCUT2D eigenvalue weighted by atomic mass is 32.2. The van der Waals surface area contributed by atoms with Crippen molar-refractivity contribution in [2.45, 2.75) is 18.2 Å². The van der Waals surface area contributed by atoms with E-state index in [0.717, 1.165) is 30.8 Å². The van der Waals surface area contributed by atoms with Gasteiger partial charge < -0.3 is 15.0 Å². The van der Waals surface area contributed by atoms with Crippen LogP contribution in [0.15, 0.2) is 53.4 Å². The number of hydrogen-bond donors (Lipinski definition) is 1. The van der Waals surface area contributed by atoms with E-state index in [0.29, 0.717) is 26.3 Å². The smallest absolute Gasteiger partial charge is 0.248 e. The fourth-order valence-electron chi connectivity index (χ4n) is 3.89. The molecule has 0 saturated carbocycles. The van der Waals surface area contributed by atoms with E-state index < -0.39 is 10.0 Å². The summed E-state index contributed by atoms with van der Waals surface area (Å²) in [6.45, 7) is 5.64. The lowest BCUT2D eigenvalue weighted by molar-refractivity contribution is -0.111. The maximum absolute atomic E-state index is 12.7. The molecule has 31 heavy (non-hydrogen) atoms. The minimum atomic E-state index is -3.52. The van der Waals surface area contributed by atoms with Crippen LogP contribution in [-0.4, -0.2) is 58.0 Å². The van der Waals surface area contributed by atoms with Crippen molar-refractivity contribution in [3.8, 4) is 0 Å². The Balaban J connectivity index is 1.39. The molecule has 0 radical (unpaired) electrons. The van der Waals surface area contributed by atoms with Crippen molar-refractivity contribution in [3.63, 3.8) is 0 Å². The van der Waals surface area contributed by atoms with E-state index in [2.05, 4.69) is 23.2 Å². The summed E-state index contributed by atoms with van der Waals surface area (Å²) in [6, 6.07) is 12.6. The van der Waals surface area contributed by atoms with Crippen molar-refractivity contribution in [3.05, 3.63) is 59.7 Å². The third kappa shape index (κ3) is 4.81. The molecule has 0 unspecified atom stereocenters. The number of carbonyl (C=O) groups excluding carboxylic acids is 1. The highest BCUT2D eigenvalue weighted by Crippen LogP contribution is 2.30. The summed E-state index contributed by atoms with van der Waals surface area (Å²) in [5.41, 5.74) is 4.01. The normalized spacial score (nSPS) is 17.1. The molecule has 1 amide bonds. The van der Waals surface area contributed by atoms with Gasteiger partial charge in [0.2, 0.25) is 15.9 Å². The van der Waals surface area contributed by atoms with Crippen LogP contribution in [0.2, 0.25) is 0 Å². The maximum atomic E-state index is 12.7.